The molecule has 1 heterocycles. The van der Waals surface area contributed by atoms with Gasteiger partial charge < -0.3 is 4.74 Å². The Labute approximate surface area is 100 Å². The van der Waals surface area contributed by atoms with E-state index in [2.05, 4.69) is 29.0 Å². The van der Waals surface area contributed by atoms with Gasteiger partial charge in [0.2, 0.25) is 0 Å². The molecule has 0 N–H and O–H groups in total. The van der Waals surface area contributed by atoms with Crippen molar-refractivity contribution in [2.24, 2.45) is 5.92 Å². The molecule has 0 amide bonds. The average Bonchev–Trinajstić information content (AvgIpc) is 2.32. The highest BCUT2D eigenvalue weighted by Gasteiger charge is 2.13. The normalized spacial score (nSPS) is 19.0. The molecule has 0 bridgehead atoms. The maximum Gasteiger partial charge on any atom is 0.316 e. The zero-order valence-corrected chi connectivity index (χ0v) is 9.98. The zero-order valence-electron chi connectivity index (χ0n) is 9.98. The lowest BCUT2D eigenvalue weighted by Crippen LogP contribution is -2.15. The van der Waals surface area contributed by atoms with Gasteiger partial charge in [0.15, 0.2) is 5.82 Å². The first kappa shape index (κ1) is 11.8. The van der Waals surface area contributed by atoms with Crippen LogP contribution in [-0.4, -0.2) is 16.6 Å². The number of aromatic nitrogens is 2. The SMILES string of the molecule is CC1=CC=CCC1COc1ncc(F)c(C)n1. The highest BCUT2D eigenvalue weighted by Crippen LogP contribution is 2.20. The molecule has 0 radical (unpaired) electrons. The quantitative estimate of drug-likeness (QED) is 0.806. The van der Waals surface area contributed by atoms with Crippen LogP contribution in [0.1, 0.15) is 19.0 Å². The lowest BCUT2D eigenvalue weighted by Gasteiger charge is -2.18. The third-order valence-electron chi connectivity index (χ3n) is 2.87. The zero-order chi connectivity index (χ0) is 12.3. The second-order valence-electron chi connectivity index (χ2n) is 4.17. The molecule has 0 aromatic carbocycles. The van der Waals surface area contributed by atoms with E-state index in [-0.39, 0.29) is 6.01 Å². The first-order chi connectivity index (χ1) is 8.16. The third-order valence-corrected chi connectivity index (χ3v) is 2.87. The molecular formula is C13H15FN2O. The molecule has 0 saturated carbocycles. The molecule has 1 unspecified atom stereocenters. The minimum atomic E-state index is -0.408. The molecule has 2 rings (SSSR count). The Morgan fingerprint density at radius 3 is 3.00 bits per heavy atom. The summed E-state index contributed by atoms with van der Waals surface area (Å²) in [5.41, 5.74) is 1.59. The van der Waals surface area contributed by atoms with E-state index in [1.165, 1.54) is 5.57 Å². The lowest BCUT2D eigenvalue weighted by molar-refractivity contribution is 0.247. The summed E-state index contributed by atoms with van der Waals surface area (Å²) in [7, 11) is 0. The molecule has 4 heteroatoms. The minimum absolute atomic E-state index is 0.242. The molecule has 0 spiro atoms. The molecule has 90 valence electrons. The van der Waals surface area contributed by atoms with Gasteiger partial charge in [-0.25, -0.2) is 9.37 Å². The standard InChI is InChI=1S/C13H15FN2O/c1-9-5-3-4-6-11(9)8-17-13-15-7-12(14)10(2)16-13/h3-5,7,11H,6,8H2,1-2H3. The van der Waals surface area contributed by atoms with Crippen molar-refractivity contribution >= 4 is 0 Å². The lowest BCUT2D eigenvalue weighted by atomic mass is 9.94. The van der Waals surface area contributed by atoms with E-state index in [0.717, 1.165) is 12.6 Å². The number of hydrogen-bond acceptors (Lipinski definition) is 3. The Hall–Kier alpha value is -1.71. The summed E-state index contributed by atoms with van der Waals surface area (Å²) in [6.45, 7) is 4.20. The van der Waals surface area contributed by atoms with Gasteiger partial charge in [0, 0.05) is 5.92 Å². The summed E-state index contributed by atoms with van der Waals surface area (Å²) in [5.74, 6) is -0.0528. The van der Waals surface area contributed by atoms with E-state index in [9.17, 15) is 4.39 Å². The van der Waals surface area contributed by atoms with E-state index >= 15 is 0 Å². The summed E-state index contributed by atoms with van der Waals surface area (Å²) >= 11 is 0. The Morgan fingerprint density at radius 2 is 2.29 bits per heavy atom. The molecule has 1 aromatic rings. The van der Waals surface area contributed by atoms with Crippen LogP contribution in [0.15, 0.2) is 30.0 Å². The van der Waals surface area contributed by atoms with Crippen LogP contribution >= 0.6 is 0 Å². The fourth-order valence-corrected chi connectivity index (χ4v) is 1.66. The van der Waals surface area contributed by atoms with Crippen LogP contribution < -0.4 is 4.74 Å². The summed E-state index contributed by atoms with van der Waals surface area (Å²) in [4.78, 5) is 7.74. The maximum absolute atomic E-state index is 13.0. The fraction of sp³-hybridized carbons (Fsp3) is 0.385. The first-order valence-corrected chi connectivity index (χ1v) is 5.62. The number of allylic oxidation sites excluding steroid dienone is 3. The van der Waals surface area contributed by atoms with Crippen LogP contribution in [0.4, 0.5) is 4.39 Å². The summed E-state index contributed by atoms with van der Waals surface area (Å²) in [5, 5.41) is 0. The van der Waals surface area contributed by atoms with E-state index in [1.54, 1.807) is 6.92 Å². The summed E-state index contributed by atoms with van der Waals surface area (Å²) in [6, 6.07) is 0.242. The van der Waals surface area contributed by atoms with Gasteiger partial charge in [-0.05, 0) is 20.3 Å². The largest absolute Gasteiger partial charge is 0.463 e. The van der Waals surface area contributed by atoms with Gasteiger partial charge in [-0.2, -0.15) is 4.98 Å². The van der Waals surface area contributed by atoms with Gasteiger partial charge in [0.1, 0.15) is 0 Å². The number of rotatable bonds is 3. The van der Waals surface area contributed by atoms with Gasteiger partial charge >= 0.3 is 6.01 Å². The van der Waals surface area contributed by atoms with Crippen LogP contribution in [0.25, 0.3) is 0 Å². The van der Waals surface area contributed by atoms with Crippen molar-refractivity contribution in [3.05, 3.63) is 41.5 Å². The van der Waals surface area contributed by atoms with Gasteiger partial charge in [-0.15, -0.1) is 0 Å². The predicted octanol–water partition coefficient (Wildman–Crippen LogP) is 2.83. The molecule has 1 aromatic heterocycles. The molecular weight excluding hydrogens is 219 g/mol. The topological polar surface area (TPSA) is 35.0 Å². The number of nitrogens with zero attached hydrogens (tertiary/aromatic N) is 2. The van der Waals surface area contributed by atoms with Crippen LogP contribution in [0.5, 0.6) is 6.01 Å². The van der Waals surface area contributed by atoms with E-state index < -0.39 is 5.82 Å². The van der Waals surface area contributed by atoms with Crippen LogP contribution in [0.2, 0.25) is 0 Å². The van der Waals surface area contributed by atoms with E-state index in [1.807, 2.05) is 6.08 Å². The van der Waals surface area contributed by atoms with Crippen LogP contribution in [0, 0.1) is 18.7 Å². The monoisotopic (exact) mass is 234 g/mol. The van der Waals surface area contributed by atoms with Gasteiger partial charge in [-0.1, -0.05) is 23.8 Å². The number of ether oxygens (including phenoxy) is 1. The van der Waals surface area contributed by atoms with Crippen LogP contribution in [-0.2, 0) is 0 Å². The van der Waals surface area contributed by atoms with Crippen molar-refractivity contribution in [2.45, 2.75) is 20.3 Å². The molecule has 0 saturated heterocycles. The second kappa shape index (κ2) is 5.08. The van der Waals surface area contributed by atoms with Crippen LogP contribution in [0.3, 0.4) is 0 Å². The highest BCUT2D eigenvalue weighted by atomic mass is 19.1. The van der Waals surface area contributed by atoms with Crippen molar-refractivity contribution < 1.29 is 9.13 Å². The first-order valence-electron chi connectivity index (χ1n) is 5.62. The third kappa shape index (κ3) is 2.90. The molecule has 1 aliphatic rings. The maximum atomic E-state index is 13.0. The molecule has 0 fully saturated rings. The van der Waals surface area contributed by atoms with E-state index in [0.29, 0.717) is 18.2 Å². The van der Waals surface area contributed by atoms with Gasteiger partial charge in [-0.3, -0.25) is 0 Å². The molecule has 3 nitrogen and oxygen atoms in total. The molecule has 17 heavy (non-hydrogen) atoms. The predicted molar refractivity (Wildman–Crippen MR) is 63.2 cm³/mol. The summed E-state index contributed by atoms with van der Waals surface area (Å²) in [6.07, 6.45) is 8.33. The van der Waals surface area contributed by atoms with Crippen molar-refractivity contribution in [1.29, 1.82) is 0 Å². The number of hydrogen-bond donors (Lipinski definition) is 0. The minimum Gasteiger partial charge on any atom is -0.463 e. The Kier molecular flexibility index (Phi) is 3.52. The van der Waals surface area contributed by atoms with Crippen molar-refractivity contribution in [1.82, 2.24) is 9.97 Å². The van der Waals surface area contributed by atoms with Crippen molar-refractivity contribution in [3.63, 3.8) is 0 Å². The summed E-state index contributed by atoms with van der Waals surface area (Å²) < 4.78 is 18.4. The fourth-order valence-electron chi connectivity index (χ4n) is 1.66. The smallest absolute Gasteiger partial charge is 0.316 e. The highest BCUT2D eigenvalue weighted by molar-refractivity contribution is 5.19. The number of halogens is 1. The van der Waals surface area contributed by atoms with Gasteiger partial charge in [0.05, 0.1) is 18.5 Å². The average molecular weight is 234 g/mol. The Balaban J connectivity index is 1.96. The molecule has 1 aliphatic carbocycles. The molecule has 1 atom stereocenters. The number of aryl methyl sites for hydroxylation is 1. The molecule has 0 aliphatic heterocycles. The van der Waals surface area contributed by atoms with Crippen molar-refractivity contribution in [3.8, 4) is 6.01 Å². The van der Waals surface area contributed by atoms with E-state index in [4.69, 9.17) is 4.74 Å². The van der Waals surface area contributed by atoms with Crippen molar-refractivity contribution in [2.75, 3.05) is 6.61 Å². The second-order valence-corrected chi connectivity index (χ2v) is 4.17. The van der Waals surface area contributed by atoms with Gasteiger partial charge in [0.25, 0.3) is 0 Å². The Morgan fingerprint density at radius 1 is 1.47 bits per heavy atom. The Bertz CT molecular complexity index is 468.